The highest BCUT2D eigenvalue weighted by atomic mass is 79.9. The van der Waals surface area contributed by atoms with Gasteiger partial charge < -0.3 is 4.90 Å². The van der Waals surface area contributed by atoms with Crippen LogP contribution in [-0.2, 0) is 18.5 Å². The molecule has 0 aliphatic heterocycles. The molecule has 2 heterocycles. The number of hydrogen-bond donors (Lipinski definition) is 0. The van der Waals surface area contributed by atoms with Gasteiger partial charge in [0.15, 0.2) is 0 Å². The van der Waals surface area contributed by atoms with Gasteiger partial charge in [-0.3, -0.25) is 9.36 Å². The van der Waals surface area contributed by atoms with E-state index in [0.29, 0.717) is 23.9 Å². The zero-order valence-corrected chi connectivity index (χ0v) is 21.3. The van der Waals surface area contributed by atoms with Crippen LogP contribution in [0.2, 0.25) is 0 Å². The first-order chi connectivity index (χ1) is 15.0. The zero-order chi connectivity index (χ0) is 21.2. The molecule has 0 radical (unpaired) electrons. The van der Waals surface area contributed by atoms with Crippen LogP contribution in [0.3, 0.4) is 0 Å². The summed E-state index contributed by atoms with van der Waals surface area (Å²) < 4.78 is 1.84. The quantitative estimate of drug-likeness (QED) is 0.480. The Bertz CT molecular complexity index is 1160. The zero-order valence-electron chi connectivity index (χ0n) is 18.8. The summed E-state index contributed by atoms with van der Waals surface area (Å²) in [6.45, 7) is 1.14. The highest BCUT2D eigenvalue weighted by molar-refractivity contribution is 8.93. The Labute approximate surface area is 203 Å². The largest absolute Gasteiger partial charge is 0.302 e. The Morgan fingerprint density at radius 2 is 1.72 bits per heavy atom. The predicted molar refractivity (Wildman–Crippen MR) is 135 cm³/mol. The van der Waals surface area contributed by atoms with E-state index in [2.05, 4.69) is 10.3 Å². The molecule has 0 spiro atoms. The van der Waals surface area contributed by atoms with Crippen molar-refractivity contribution in [3.63, 3.8) is 0 Å². The van der Waals surface area contributed by atoms with Crippen molar-refractivity contribution in [1.29, 1.82) is 0 Å². The van der Waals surface area contributed by atoms with E-state index in [4.69, 9.17) is 9.97 Å². The molecule has 0 saturated heterocycles. The van der Waals surface area contributed by atoms with Gasteiger partial charge in [-0.15, -0.1) is 28.3 Å². The van der Waals surface area contributed by atoms with Gasteiger partial charge in [0, 0.05) is 10.8 Å². The maximum absolute atomic E-state index is 13.3. The highest BCUT2D eigenvalue weighted by Gasteiger charge is 2.52. The number of thiazole rings is 1. The number of nitrogens with zero attached hydrogens (tertiary/aromatic N) is 4. The average Bonchev–Trinajstić information content (AvgIpc) is 3.19. The van der Waals surface area contributed by atoms with Crippen molar-refractivity contribution < 1.29 is 0 Å². The lowest BCUT2D eigenvalue weighted by Gasteiger charge is -2.56. The molecular formula is C25H31BrN4OS. The lowest BCUT2D eigenvalue weighted by molar-refractivity contribution is -0.00698. The van der Waals surface area contributed by atoms with Gasteiger partial charge in [-0.25, -0.2) is 9.97 Å². The number of fused-ring (bicyclic) bond motifs is 1. The number of hydrogen-bond acceptors (Lipinski definition) is 5. The molecule has 4 fully saturated rings. The first-order valence-electron chi connectivity index (χ1n) is 11.6. The van der Waals surface area contributed by atoms with Crippen LogP contribution in [0.5, 0.6) is 0 Å². The summed E-state index contributed by atoms with van der Waals surface area (Å²) in [5.41, 5.74) is 2.42. The Hall–Kier alpha value is -1.57. The number of benzene rings is 1. The standard InChI is InChI=1S/C25H30N4OS.BrH/c1-28(2)13-22-26-20-6-4-3-5-19(20)24(30)29(22)14-23-27-21(15-31-23)25-10-16-7-17(11-25)9-18(8-16)12-25;/h3-6,15-18H,7-14H2,1-2H3;1H. The van der Waals surface area contributed by atoms with Crippen molar-refractivity contribution in [3.8, 4) is 0 Å². The molecular weight excluding hydrogens is 484 g/mol. The molecule has 2 aromatic heterocycles. The Kier molecular flexibility index (Phi) is 5.79. The smallest absolute Gasteiger partial charge is 0.261 e. The summed E-state index contributed by atoms with van der Waals surface area (Å²) >= 11 is 1.72. The minimum Gasteiger partial charge on any atom is -0.302 e. The average molecular weight is 516 g/mol. The summed E-state index contributed by atoms with van der Waals surface area (Å²) in [4.78, 5) is 25.4. The number of halogens is 1. The van der Waals surface area contributed by atoms with Crippen LogP contribution in [0, 0.1) is 17.8 Å². The summed E-state index contributed by atoms with van der Waals surface area (Å²) in [5.74, 6) is 3.54. The molecule has 3 aromatic rings. The number of aromatic nitrogens is 3. The number of rotatable bonds is 5. The molecule has 1 aromatic carbocycles. The van der Waals surface area contributed by atoms with Gasteiger partial charge in [-0.2, -0.15) is 0 Å². The first kappa shape index (κ1) is 22.2. The molecule has 5 nitrogen and oxygen atoms in total. The van der Waals surface area contributed by atoms with Gasteiger partial charge >= 0.3 is 0 Å². The fraction of sp³-hybridized carbons (Fsp3) is 0.560. The van der Waals surface area contributed by atoms with Gasteiger partial charge in [-0.05, 0) is 82.5 Å². The Balaban J connectivity index is 0.00000216. The van der Waals surface area contributed by atoms with Crippen molar-refractivity contribution in [1.82, 2.24) is 19.4 Å². The normalized spacial score (nSPS) is 28.4. The summed E-state index contributed by atoms with van der Waals surface area (Å²) in [7, 11) is 4.03. The van der Waals surface area contributed by atoms with Gasteiger partial charge in [0.1, 0.15) is 10.8 Å². The molecule has 32 heavy (non-hydrogen) atoms. The molecule has 0 N–H and O–H groups in total. The van der Waals surface area contributed by atoms with Crippen LogP contribution in [0.4, 0.5) is 0 Å². The van der Waals surface area contributed by atoms with E-state index in [-0.39, 0.29) is 22.5 Å². The second-order valence-corrected chi connectivity index (χ2v) is 11.4. The topological polar surface area (TPSA) is 51.0 Å². The van der Waals surface area contributed by atoms with Crippen molar-refractivity contribution in [2.75, 3.05) is 14.1 Å². The van der Waals surface area contributed by atoms with Crippen LogP contribution in [0.25, 0.3) is 10.9 Å². The Morgan fingerprint density at radius 1 is 1.06 bits per heavy atom. The Morgan fingerprint density at radius 3 is 2.38 bits per heavy atom. The lowest BCUT2D eigenvalue weighted by atomic mass is 9.49. The van der Waals surface area contributed by atoms with Crippen LogP contribution in [0.15, 0.2) is 34.4 Å². The van der Waals surface area contributed by atoms with E-state index >= 15 is 0 Å². The van der Waals surface area contributed by atoms with Crippen LogP contribution >= 0.6 is 28.3 Å². The highest BCUT2D eigenvalue weighted by Crippen LogP contribution is 2.60. The monoisotopic (exact) mass is 514 g/mol. The van der Waals surface area contributed by atoms with E-state index in [1.54, 1.807) is 11.3 Å². The van der Waals surface area contributed by atoms with E-state index in [1.165, 1.54) is 44.2 Å². The summed E-state index contributed by atoms with van der Waals surface area (Å²) in [6.07, 6.45) is 8.31. The van der Waals surface area contributed by atoms with Crippen molar-refractivity contribution >= 4 is 39.2 Å². The molecule has 4 aliphatic rings. The van der Waals surface area contributed by atoms with E-state index < -0.39 is 0 Å². The molecule has 0 amide bonds. The predicted octanol–water partition coefficient (Wildman–Crippen LogP) is 5.01. The molecule has 7 heteroatoms. The maximum Gasteiger partial charge on any atom is 0.261 e. The second-order valence-electron chi connectivity index (χ2n) is 10.5. The van der Waals surface area contributed by atoms with Crippen molar-refractivity contribution in [3.05, 3.63) is 56.5 Å². The maximum atomic E-state index is 13.3. The molecule has 4 saturated carbocycles. The molecule has 4 aliphatic carbocycles. The summed E-state index contributed by atoms with van der Waals surface area (Å²) in [5, 5.41) is 4.01. The lowest BCUT2D eigenvalue weighted by Crippen LogP contribution is -2.48. The van der Waals surface area contributed by atoms with Gasteiger partial charge in [0.05, 0.1) is 29.7 Å². The fourth-order valence-electron chi connectivity index (χ4n) is 6.97. The van der Waals surface area contributed by atoms with Gasteiger partial charge in [0.2, 0.25) is 0 Å². The third-order valence-electron chi connectivity index (χ3n) is 7.83. The van der Waals surface area contributed by atoms with Crippen LogP contribution < -0.4 is 5.56 Å². The second kappa shape index (κ2) is 8.33. The molecule has 4 bridgehead atoms. The molecule has 0 atom stereocenters. The first-order valence-corrected chi connectivity index (χ1v) is 12.5. The minimum absolute atomic E-state index is 0. The number of para-hydroxylation sites is 1. The van der Waals surface area contributed by atoms with Gasteiger partial charge in [-0.1, -0.05) is 12.1 Å². The van der Waals surface area contributed by atoms with E-state index in [1.807, 2.05) is 42.9 Å². The summed E-state index contributed by atoms with van der Waals surface area (Å²) in [6, 6.07) is 7.66. The third kappa shape index (κ3) is 3.76. The third-order valence-corrected chi connectivity index (χ3v) is 8.66. The molecule has 170 valence electrons. The van der Waals surface area contributed by atoms with Crippen molar-refractivity contribution in [2.24, 2.45) is 17.8 Å². The van der Waals surface area contributed by atoms with Crippen molar-refractivity contribution in [2.45, 2.75) is 57.0 Å². The van der Waals surface area contributed by atoms with Gasteiger partial charge in [0.25, 0.3) is 5.56 Å². The van der Waals surface area contributed by atoms with Crippen LogP contribution in [0.1, 0.15) is 55.1 Å². The molecule has 7 rings (SSSR count). The van der Waals surface area contributed by atoms with E-state index in [9.17, 15) is 4.79 Å². The fourth-order valence-corrected chi connectivity index (χ4v) is 7.87. The van der Waals surface area contributed by atoms with E-state index in [0.717, 1.165) is 34.1 Å². The molecule has 0 unspecified atom stereocenters. The minimum atomic E-state index is 0. The SMILES string of the molecule is Br.CN(C)Cc1nc2ccccc2c(=O)n1Cc1nc(C23CC4CC(CC(C4)C2)C3)cs1. The van der Waals surface area contributed by atoms with Crippen LogP contribution in [-0.4, -0.2) is 33.5 Å².